The smallest absolute Gasteiger partial charge is 0.242 e. The monoisotopic (exact) mass is 375 g/mol. The molecule has 0 amide bonds. The van der Waals surface area contributed by atoms with Crippen LogP contribution in [-0.2, 0) is 23.2 Å². The molecule has 0 bridgehead atoms. The van der Waals surface area contributed by atoms with Crippen molar-refractivity contribution in [2.45, 2.75) is 25.0 Å². The first-order valence-corrected chi connectivity index (χ1v) is 8.96. The van der Waals surface area contributed by atoms with Gasteiger partial charge in [-0.2, -0.15) is 0 Å². The SMILES string of the molecule is Cc1cccc(CNS(=O)(=O)c2cc(CO)sc2Br)c1. The quantitative estimate of drug-likeness (QED) is 0.844. The molecule has 0 radical (unpaired) electrons. The number of rotatable bonds is 5. The summed E-state index contributed by atoms with van der Waals surface area (Å²) in [4.78, 5) is 0.770. The molecule has 20 heavy (non-hydrogen) atoms. The van der Waals surface area contributed by atoms with Crippen LogP contribution in [0.2, 0.25) is 0 Å². The Hall–Kier alpha value is -0.730. The van der Waals surface area contributed by atoms with E-state index in [9.17, 15) is 8.42 Å². The molecule has 1 aromatic heterocycles. The van der Waals surface area contributed by atoms with E-state index in [1.54, 1.807) is 0 Å². The van der Waals surface area contributed by atoms with Gasteiger partial charge in [0.2, 0.25) is 10.0 Å². The van der Waals surface area contributed by atoms with Gasteiger partial charge in [-0.05, 0) is 34.5 Å². The molecule has 0 spiro atoms. The molecule has 0 aliphatic heterocycles. The highest BCUT2D eigenvalue weighted by molar-refractivity contribution is 9.11. The molecular formula is C13H14BrNO3S2. The van der Waals surface area contributed by atoms with Crippen molar-refractivity contribution in [1.29, 1.82) is 0 Å². The molecule has 2 aromatic rings. The van der Waals surface area contributed by atoms with Crippen LogP contribution < -0.4 is 4.72 Å². The van der Waals surface area contributed by atoms with Crippen molar-refractivity contribution in [3.8, 4) is 0 Å². The first kappa shape index (κ1) is 15.7. The lowest BCUT2D eigenvalue weighted by Gasteiger charge is -2.06. The van der Waals surface area contributed by atoms with Gasteiger partial charge in [-0.15, -0.1) is 11.3 Å². The number of thiophene rings is 1. The second-order valence-electron chi connectivity index (χ2n) is 4.32. The normalized spacial score (nSPS) is 11.8. The van der Waals surface area contributed by atoms with Gasteiger partial charge in [0.05, 0.1) is 10.4 Å². The van der Waals surface area contributed by atoms with Crippen molar-refractivity contribution in [3.63, 3.8) is 0 Å². The Labute approximate surface area is 130 Å². The van der Waals surface area contributed by atoms with Gasteiger partial charge in [-0.3, -0.25) is 0 Å². The van der Waals surface area contributed by atoms with Crippen LogP contribution in [-0.4, -0.2) is 13.5 Å². The van der Waals surface area contributed by atoms with E-state index in [-0.39, 0.29) is 18.0 Å². The summed E-state index contributed by atoms with van der Waals surface area (Å²) < 4.78 is 27.5. The van der Waals surface area contributed by atoms with Crippen molar-refractivity contribution in [3.05, 3.63) is 50.1 Å². The third kappa shape index (κ3) is 3.67. The van der Waals surface area contributed by atoms with Gasteiger partial charge in [0, 0.05) is 11.4 Å². The first-order valence-electron chi connectivity index (χ1n) is 5.86. The average Bonchev–Trinajstić information content (AvgIpc) is 2.79. The van der Waals surface area contributed by atoms with Crippen LogP contribution in [0.1, 0.15) is 16.0 Å². The lowest BCUT2D eigenvalue weighted by Crippen LogP contribution is -2.23. The molecule has 2 rings (SSSR count). The van der Waals surface area contributed by atoms with Crippen LogP contribution in [0, 0.1) is 6.92 Å². The number of halogens is 1. The average molecular weight is 376 g/mol. The molecule has 7 heteroatoms. The number of sulfonamides is 1. The van der Waals surface area contributed by atoms with Crippen LogP contribution in [0.3, 0.4) is 0 Å². The Bertz CT molecular complexity index is 710. The van der Waals surface area contributed by atoms with Crippen LogP contribution in [0.5, 0.6) is 0 Å². The summed E-state index contributed by atoms with van der Waals surface area (Å²) >= 11 is 4.43. The number of hydrogen-bond acceptors (Lipinski definition) is 4. The van der Waals surface area contributed by atoms with E-state index in [1.807, 2.05) is 31.2 Å². The minimum Gasteiger partial charge on any atom is -0.391 e. The highest BCUT2D eigenvalue weighted by Gasteiger charge is 2.20. The van der Waals surface area contributed by atoms with Crippen molar-refractivity contribution >= 4 is 37.3 Å². The van der Waals surface area contributed by atoms with Crippen LogP contribution >= 0.6 is 27.3 Å². The van der Waals surface area contributed by atoms with Gasteiger partial charge in [0.1, 0.15) is 4.90 Å². The van der Waals surface area contributed by atoms with E-state index in [0.29, 0.717) is 8.66 Å². The Kier molecular flexibility index (Phi) is 4.98. The third-order valence-corrected chi connectivity index (χ3v) is 6.34. The molecule has 1 aromatic carbocycles. The predicted octanol–water partition coefficient (Wildman–Crippen LogP) is 2.79. The van der Waals surface area contributed by atoms with E-state index >= 15 is 0 Å². The second-order valence-corrected chi connectivity index (χ2v) is 8.51. The Morgan fingerprint density at radius 2 is 2.10 bits per heavy atom. The zero-order chi connectivity index (χ0) is 14.8. The molecule has 108 valence electrons. The summed E-state index contributed by atoms with van der Waals surface area (Å²) in [6.07, 6.45) is 0. The summed E-state index contributed by atoms with van der Waals surface area (Å²) in [6, 6.07) is 9.14. The van der Waals surface area contributed by atoms with Crippen molar-refractivity contribution in [2.24, 2.45) is 0 Å². The number of aliphatic hydroxyl groups is 1. The summed E-state index contributed by atoms with van der Waals surface area (Å²) in [5.74, 6) is 0. The van der Waals surface area contributed by atoms with E-state index in [1.165, 1.54) is 17.4 Å². The molecule has 0 unspecified atom stereocenters. The third-order valence-electron chi connectivity index (χ3n) is 2.70. The van der Waals surface area contributed by atoms with Gasteiger partial charge >= 0.3 is 0 Å². The number of aryl methyl sites for hydroxylation is 1. The molecule has 1 heterocycles. The molecule has 0 saturated heterocycles. The highest BCUT2D eigenvalue weighted by atomic mass is 79.9. The number of nitrogens with one attached hydrogen (secondary N) is 1. The zero-order valence-electron chi connectivity index (χ0n) is 10.8. The maximum Gasteiger partial charge on any atom is 0.242 e. The summed E-state index contributed by atoms with van der Waals surface area (Å²) in [7, 11) is -3.59. The Morgan fingerprint density at radius 3 is 2.70 bits per heavy atom. The van der Waals surface area contributed by atoms with Gasteiger partial charge in [-0.1, -0.05) is 29.8 Å². The van der Waals surface area contributed by atoms with Gasteiger partial charge in [0.25, 0.3) is 0 Å². The maximum absolute atomic E-state index is 12.2. The van der Waals surface area contributed by atoms with E-state index in [0.717, 1.165) is 11.1 Å². The Balaban J connectivity index is 2.17. The van der Waals surface area contributed by atoms with Gasteiger partial charge < -0.3 is 5.11 Å². The predicted molar refractivity (Wildman–Crippen MR) is 83.1 cm³/mol. The lowest BCUT2D eigenvalue weighted by molar-refractivity contribution is 0.285. The number of aliphatic hydroxyl groups excluding tert-OH is 1. The van der Waals surface area contributed by atoms with E-state index in [2.05, 4.69) is 20.7 Å². The van der Waals surface area contributed by atoms with Crippen LogP contribution in [0.15, 0.2) is 39.0 Å². The molecule has 0 aliphatic rings. The van der Waals surface area contributed by atoms with E-state index < -0.39 is 10.0 Å². The molecular weight excluding hydrogens is 362 g/mol. The first-order chi connectivity index (χ1) is 9.42. The van der Waals surface area contributed by atoms with Crippen LogP contribution in [0.4, 0.5) is 0 Å². The second kappa shape index (κ2) is 6.36. The van der Waals surface area contributed by atoms with Crippen molar-refractivity contribution in [1.82, 2.24) is 4.72 Å². The van der Waals surface area contributed by atoms with E-state index in [4.69, 9.17) is 5.11 Å². The largest absolute Gasteiger partial charge is 0.391 e. The van der Waals surface area contributed by atoms with Crippen molar-refractivity contribution in [2.75, 3.05) is 0 Å². The number of hydrogen-bond donors (Lipinski definition) is 2. The summed E-state index contributed by atoms with van der Waals surface area (Å²) in [5, 5.41) is 9.05. The molecule has 0 saturated carbocycles. The van der Waals surface area contributed by atoms with Gasteiger partial charge in [0.15, 0.2) is 0 Å². The summed E-state index contributed by atoms with van der Waals surface area (Å²) in [5.41, 5.74) is 1.99. The lowest BCUT2D eigenvalue weighted by atomic mass is 10.1. The molecule has 4 nitrogen and oxygen atoms in total. The molecule has 0 atom stereocenters. The molecule has 2 N–H and O–H groups in total. The maximum atomic E-state index is 12.2. The molecule has 0 fully saturated rings. The Morgan fingerprint density at radius 1 is 1.35 bits per heavy atom. The fraction of sp³-hybridized carbons (Fsp3) is 0.231. The number of benzene rings is 1. The molecule has 0 aliphatic carbocycles. The van der Waals surface area contributed by atoms with Crippen molar-refractivity contribution < 1.29 is 13.5 Å². The topological polar surface area (TPSA) is 66.4 Å². The standard InChI is InChI=1S/C13H14BrNO3S2/c1-9-3-2-4-10(5-9)7-15-20(17,18)12-6-11(8-16)19-13(12)14/h2-6,15-16H,7-8H2,1H3. The zero-order valence-corrected chi connectivity index (χ0v) is 14.0. The minimum atomic E-state index is -3.59. The fourth-order valence-corrected chi connectivity index (χ4v) is 5.30. The van der Waals surface area contributed by atoms with Gasteiger partial charge in [-0.25, -0.2) is 13.1 Å². The highest BCUT2D eigenvalue weighted by Crippen LogP contribution is 2.31. The van der Waals surface area contributed by atoms with Crippen LogP contribution in [0.25, 0.3) is 0 Å². The minimum absolute atomic E-state index is 0.166. The summed E-state index contributed by atoms with van der Waals surface area (Å²) in [6.45, 7) is 2.03. The fourth-order valence-electron chi connectivity index (χ4n) is 1.74.